The molecule has 4 heterocycles. The second-order valence-electron chi connectivity index (χ2n) is 14.1. The topological polar surface area (TPSA) is 126 Å². The predicted octanol–water partition coefficient (Wildman–Crippen LogP) is 5.82. The summed E-state index contributed by atoms with van der Waals surface area (Å²) in [7, 11) is -1.37. The highest BCUT2D eigenvalue weighted by atomic mass is 28.3. The molecule has 0 bridgehead atoms. The van der Waals surface area contributed by atoms with Crippen molar-refractivity contribution in [1.29, 1.82) is 0 Å². The lowest BCUT2D eigenvalue weighted by molar-refractivity contribution is -0.189. The van der Waals surface area contributed by atoms with Crippen molar-refractivity contribution in [3.63, 3.8) is 0 Å². The fourth-order valence-corrected chi connectivity index (χ4v) is 7.04. The molecule has 3 aromatic rings. The summed E-state index contributed by atoms with van der Waals surface area (Å²) >= 11 is 0. The summed E-state index contributed by atoms with van der Waals surface area (Å²) in [5.41, 5.74) is 2.40. The Bertz CT molecular complexity index is 1730. The van der Waals surface area contributed by atoms with E-state index in [2.05, 4.69) is 31.0 Å². The van der Waals surface area contributed by atoms with Gasteiger partial charge in [0.1, 0.15) is 12.2 Å². The molecular weight excluding hydrogens is 590 g/mol. The molecular formula is C34H43N3O7Si. The summed E-state index contributed by atoms with van der Waals surface area (Å²) in [4.78, 5) is 57.4. The van der Waals surface area contributed by atoms with Gasteiger partial charge >= 0.3 is 18.0 Å². The number of rotatable bonds is 9. The van der Waals surface area contributed by atoms with E-state index in [1.54, 1.807) is 38.3 Å². The molecule has 0 saturated heterocycles. The summed E-state index contributed by atoms with van der Waals surface area (Å²) in [6.45, 7) is 14.5. The lowest BCUT2D eigenvalue weighted by atomic mass is 9.85. The van der Waals surface area contributed by atoms with Crippen molar-refractivity contribution in [1.82, 2.24) is 14.9 Å². The molecule has 0 aliphatic carbocycles. The van der Waals surface area contributed by atoms with E-state index in [-0.39, 0.29) is 38.0 Å². The van der Waals surface area contributed by atoms with Gasteiger partial charge in [0.05, 0.1) is 29.0 Å². The van der Waals surface area contributed by atoms with Gasteiger partial charge in [-0.25, -0.2) is 14.6 Å². The van der Waals surface area contributed by atoms with Crippen molar-refractivity contribution in [3.05, 3.63) is 62.9 Å². The highest BCUT2D eigenvalue weighted by molar-refractivity contribution is 6.76. The van der Waals surface area contributed by atoms with E-state index in [9.17, 15) is 19.2 Å². The number of para-hydroxylation sites is 1. The molecule has 1 aromatic carbocycles. The fourth-order valence-electron chi connectivity index (χ4n) is 6.04. The van der Waals surface area contributed by atoms with Crippen molar-refractivity contribution in [2.75, 3.05) is 6.54 Å². The molecule has 0 radical (unpaired) electrons. The molecule has 2 aliphatic rings. The third-order valence-electron chi connectivity index (χ3n) is 8.32. The monoisotopic (exact) mass is 633 g/mol. The maximum Gasteiger partial charge on any atom is 0.407 e. The van der Waals surface area contributed by atoms with Crippen LogP contribution < -0.4 is 10.9 Å². The lowest BCUT2D eigenvalue weighted by Gasteiger charge is -2.35. The molecule has 0 saturated carbocycles. The van der Waals surface area contributed by atoms with Crippen LogP contribution in [-0.2, 0) is 49.0 Å². The minimum atomic E-state index is -1.77. The Morgan fingerprint density at radius 1 is 1.13 bits per heavy atom. The Hall–Kier alpha value is -3.99. The highest BCUT2D eigenvalue weighted by Crippen LogP contribution is 2.42. The van der Waals surface area contributed by atoms with Gasteiger partial charge in [0, 0.05) is 37.6 Å². The first-order valence-electron chi connectivity index (χ1n) is 15.7. The van der Waals surface area contributed by atoms with Crippen LogP contribution in [0.2, 0.25) is 25.7 Å². The Labute approximate surface area is 264 Å². The summed E-state index contributed by atoms with van der Waals surface area (Å²) in [5, 5.41) is 3.71. The number of esters is 2. The number of pyridine rings is 2. The van der Waals surface area contributed by atoms with Gasteiger partial charge in [0.25, 0.3) is 5.56 Å². The van der Waals surface area contributed by atoms with Gasteiger partial charge in [-0.3, -0.25) is 9.59 Å². The van der Waals surface area contributed by atoms with Crippen LogP contribution in [0.25, 0.3) is 22.3 Å². The molecule has 240 valence electrons. The normalized spacial score (nSPS) is 17.3. The average Bonchev–Trinajstić information content (AvgIpc) is 3.32. The summed E-state index contributed by atoms with van der Waals surface area (Å²) in [5.74, 6) is -1.34. The van der Waals surface area contributed by atoms with Crippen LogP contribution in [0.4, 0.5) is 4.79 Å². The first kappa shape index (κ1) is 32.4. The van der Waals surface area contributed by atoms with Crippen LogP contribution in [0, 0.1) is 0 Å². The Kier molecular flexibility index (Phi) is 8.69. The zero-order valence-electron chi connectivity index (χ0n) is 27.3. The number of fused-ring (bicyclic) bond motifs is 5. The zero-order valence-corrected chi connectivity index (χ0v) is 28.3. The number of nitrogens with zero attached hydrogens (tertiary/aromatic N) is 2. The van der Waals surface area contributed by atoms with Gasteiger partial charge in [-0.15, -0.1) is 0 Å². The van der Waals surface area contributed by atoms with E-state index in [0.29, 0.717) is 23.4 Å². The Balaban J connectivity index is 1.48. The van der Waals surface area contributed by atoms with E-state index < -0.39 is 37.3 Å². The van der Waals surface area contributed by atoms with Crippen LogP contribution in [0.1, 0.15) is 69.2 Å². The van der Waals surface area contributed by atoms with Crippen LogP contribution in [0.5, 0.6) is 0 Å². The number of carbonyl (C=O) groups is 3. The SMILES string of the molecule is CCC1(OC(=O)CCCNC(=O)OC(C)(C)C)C(=O)OCc2c1cc1n(c2=O)Cc2c-1nc1ccccc1c2CC[Si](C)(C)C. The number of hydrogen-bond donors (Lipinski definition) is 1. The van der Waals surface area contributed by atoms with E-state index in [4.69, 9.17) is 19.2 Å². The highest BCUT2D eigenvalue weighted by Gasteiger charge is 2.50. The second-order valence-corrected chi connectivity index (χ2v) is 19.7. The molecule has 0 fully saturated rings. The van der Waals surface area contributed by atoms with Crippen molar-refractivity contribution < 1.29 is 28.6 Å². The first-order chi connectivity index (χ1) is 21.1. The summed E-state index contributed by atoms with van der Waals surface area (Å²) < 4.78 is 18.3. The quantitative estimate of drug-likeness (QED) is 0.106. The maximum absolute atomic E-state index is 14.0. The van der Waals surface area contributed by atoms with Gasteiger partial charge in [0.2, 0.25) is 5.60 Å². The minimum Gasteiger partial charge on any atom is -0.457 e. The Morgan fingerprint density at radius 3 is 2.56 bits per heavy atom. The number of aromatic nitrogens is 2. The number of nitrogens with one attached hydrogen (secondary N) is 1. The first-order valence-corrected chi connectivity index (χ1v) is 19.4. The number of benzene rings is 1. The van der Waals surface area contributed by atoms with E-state index in [1.807, 2.05) is 18.2 Å². The van der Waals surface area contributed by atoms with Gasteiger partial charge in [0.15, 0.2) is 0 Å². The zero-order chi connectivity index (χ0) is 32.7. The smallest absolute Gasteiger partial charge is 0.407 e. The molecule has 1 N–H and O–H groups in total. The largest absolute Gasteiger partial charge is 0.457 e. The van der Waals surface area contributed by atoms with E-state index in [0.717, 1.165) is 34.6 Å². The third kappa shape index (κ3) is 6.54. The van der Waals surface area contributed by atoms with Gasteiger partial charge < -0.3 is 24.1 Å². The van der Waals surface area contributed by atoms with Crippen molar-refractivity contribution in [2.45, 2.75) is 103 Å². The van der Waals surface area contributed by atoms with E-state index in [1.165, 1.54) is 5.56 Å². The Morgan fingerprint density at radius 2 is 1.87 bits per heavy atom. The third-order valence-corrected chi connectivity index (χ3v) is 10.1. The lowest BCUT2D eigenvalue weighted by Crippen LogP contribution is -2.47. The van der Waals surface area contributed by atoms with Crippen molar-refractivity contribution in [2.24, 2.45) is 0 Å². The minimum absolute atomic E-state index is 0.0547. The molecule has 10 nitrogen and oxygen atoms in total. The number of amides is 1. The molecule has 2 aromatic heterocycles. The number of hydrogen-bond acceptors (Lipinski definition) is 8. The number of ether oxygens (including phenoxy) is 3. The molecule has 2 aliphatic heterocycles. The summed E-state index contributed by atoms with van der Waals surface area (Å²) in [6.07, 6.45) is 0.622. The summed E-state index contributed by atoms with van der Waals surface area (Å²) in [6, 6.07) is 10.9. The molecule has 45 heavy (non-hydrogen) atoms. The molecule has 1 unspecified atom stereocenters. The number of cyclic esters (lactones) is 1. The van der Waals surface area contributed by atoms with Gasteiger partial charge in [-0.1, -0.05) is 50.8 Å². The molecule has 11 heteroatoms. The molecule has 0 spiro atoms. The second kappa shape index (κ2) is 12.1. The maximum atomic E-state index is 14.0. The molecule has 1 amide bonds. The van der Waals surface area contributed by atoms with Gasteiger partial charge in [-0.2, -0.15) is 0 Å². The van der Waals surface area contributed by atoms with Crippen molar-refractivity contribution in [3.8, 4) is 11.4 Å². The molecule has 1 atom stereocenters. The van der Waals surface area contributed by atoms with Crippen LogP contribution in [0.3, 0.4) is 0 Å². The van der Waals surface area contributed by atoms with Crippen LogP contribution in [0.15, 0.2) is 35.1 Å². The molecule has 5 rings (SSSR count). The van der Waals surface area contributed by atoms with Crippen molar-refractivity contribution >= 4 is 37.0 Å². The van der Waals surface area contributed by atoms with Gasteiger partial charge in [-0.05, 0) is 57.7 Å². The van der Waals surface area contributed by atoms with E-state index >= 15 is 0 Å². The number of aryl methyl sites for hydroxylation is 1. The average molecular weight is 634 g/mol. The standard InChI is InChI=1S/C34H43N3O7Si/c1-8-34(43-28(38)14-11-16-35-32(41)44-33(2,3)4)25-18-27-29-23(19-37(27)30(39)24(25)20-42-31(34)40)21(15-17-45(5,6)7)22-12-9-10-13-26(22)36-29/h9-10,12-13,18H,8,11,14-17,19-20H2,1-7H3,(H,35,41). The van der Waals surface area contributed by atoms with Crippen LogP contribution >= 0.6 is 0 Å². The number of carbonyl (C=O) groups excluding carboxylic acids is 3. The fraction of sp³-hybridized carbons (Fsp3) is 0.500. The number of alkyl carbamates (subject to hydrolysis) is 1. The van der Waals surface area contributed by atoms with Crippen LogP contribution in [-0.4, -0.2) is 47.8 Å². The predicted molar refractivity (Wildman–Crippen MR) is 174 cm³/mol.